The van der Waals surface area contributed by atoms with Gasteiger partial charge in [0, 0.05) is 53.0 Å². The maximum absolute atomic E-state index is 14.3. The predicted molar refractivity (Wildman–Crippen MR) is 152 cm³/mol. The van der Waals surface area contributed by atoms with Gasteiger partial charge in [-0.05, 0) is 53.4 Å². The zero-order valence-electron chi connectivity index (χ0n) is 22.1. The molecule has 0 saturated carbocycles. The molecule has 1 aromatic carbocycles. The number of hydrogen-bond donors (Lipinski definition) is 3. The minimum absolute atomic E-state index is 0.0527. The molecule has 0 aliphatic rings. The van der Waals surface area contributed by atoms with Gasteiger partial charge in [-0.2, -0.15) is 5.10 Å². The number of aromatic nitrogens is 6. The summed E-state index contributed by atoms with van der Waals surface area (Å²) in [5.74, 6) is 0.258. The normalized spacial score (nSPS) is 11.4. The fourth-order valence-electron chi connectivity index (χ4n) is 4.76. The summed E-state index contributed by atoms with van der Waals surface area (Å²) in [7, 11) is 1.51. The van der Waals surface area contributed by atoms with Crippen molar-refractivity contribution >= 4 is 33.7 Å². The number of carbonyl (C=O) groups is 1. The first-order valence-corrected chi connectivity index (χ1v) is 12.8. The number of amides is 1. The summed E-state index contributed by atoms with van der Waals surface area (Å²) >= 11 is 0. The molecule has 0 spiro atoms. The van der Waals surface area contributed by atoms with E-state index in [9.17, 15) is 9.18 Å². The van der Waals surface area contributed by atoms with Gasteiger partial charge in [0.25, 0.3) is 0 Å². The third-order valence-electron chi connectivity index (χ3n) is 6.57. The topological polar surface area (TPSA) is 121 Å². The van der Waals surface area contributed by atoms with Gasteiger partial charge < -0.3 is 15.0 Å². The van der Waals surface area contributed by atoms with Crippen LogP contribution in [0.5, 0.6) is 5.75 Å². The van der Waals surface area contributed by atoms with Crippen LogP contribution in [0.3, 0.4) is 0 Å². The van der Waals surface area contributed by atoms with Gasteiger partial charge >= 0.3 is 0 Å². The van der Waals surface area contributed by atoms with E-state index >= 15 is 0 Å². The molecule has 0 aliphatic carbocycles. The van der Waals surface area contributed by atoms with E-state index in [1.165, 1.54) is 19.2 Å². The Morgan fingerprint density at radius 1 is 0.975 bits per heavy atom. The van der Waals surface area contributed by atoms with Crippen molar-refractivity contribution in [3.05, 3.63) is 73.1 Å². The number of fused-ring (bicyclic) bond motifs is 2. The Morgan fingerprint density at radius 2 is 1.82 bits per heavy atom. The third-order valence-corrected chi connectivity index (χ3v) is 6.57. The Kier molecular flexibility index (Phi) is 6.43. The van der Waals surface area contributed by atoms with Crippen LogP contribution in [0.15, 0.2) is 67.3 Å². The van der Waals surface area contributed by atoms with E-state index in [2.05, 4.69) is 35.5 Å². The second-order valence-corrected chi connectivity index (χ2v) is 9.98. The van der Waals surface area contributed by atoms with Gasteiger partial charge in [-0.25, -0.2) is 14.4 Å². The number of hydrogen-bond acceptors (Lipinski definition) is 6. The molecule has 3 N–H and O–H groups in total. The van der Waals surface area contributed by atoms with Crippen LogP contribution in [-0.2, 0) is 4.79 Å². The molecular weight excluding hydrogens is 509 g/mol. The molecule has 0 aliphatic heterocycles. The Hall–Kier alpha value is -5.12. The highest BCUT2D eigenvalue weighted by atomic mass is 19.1. The second kappa shape index (κ2) is 10.2. The first kappa shape index (κ1) is 25.2. The summed E-state index contributed by atoms with van der Waals surface area (Å²) in [6, 6.07) is 12.3. The lowest BCUT2D eigenvalue weighted by atomic mass is 10.0. The molecular formula is C30H26FN7O2. The number of nitrogens with one attached hydrogen (secondary N) is 3. The highest BCUT2D eigenvalue weighted by molar-refractivity contribution is 6.00. The molecule has 0 bridgehead atoms. The zero-order valence-corrected chi connectivity index (χ0v) is 22.1. The van der Waals surface area contributed by atoms with Gasteiger partial charge in [-0.1, -0.05) is 13.8 Å². The second-order valence-electron chi connectivity index (χ2n) is 9.98. The van der Waals surface area contributed by atoms with E-state index in [-0.39, 0.29) is 17.6 Å². The summed E-state index contributed by atoms with van der Waals surface area (Å²) in [6.45, 7) is 4.00. The van der Waals surface area contributed by atoms with Crippen LogP contribution in [0, 0.1) is 11.7 Å². The van der Waals surface area contributed by atoms with E-state index in [1.807, 2.05) is 38.1 Å². The lowest BCUT2D eigenvalue weighted by molar-refractivity contribution is -0.116. The number of anilines is 1. The van der Waals surface area contributed by atoms with Crippen LogP contribution in [0.25, 0.3) is 55.7 Å². The number of pyridine rings is 3. The largest absolute Gasteiger partial charge is 0.497 e. The van der Waals surface area contributed by atoms with E-state index in [0.29, 0.717) is 40.4 Å². The van der Waals surface area contributed by atoms with Crippen LogP contribution in [0.1, 0.15) is 20.3 Å². The number of methoxy groups -OCH3 is 1. The van der Waals surface area contributed by atoms with Crippen molar-refractivity contribution in [3.63, 3.8) is 0 Å². The lowest BCUT2D eigenvalue weighted by Crippen LogP contribution is -2.13. The standard InChI is InChI=1S/C30H26FN7O2/c1-16(2)6-27(39)35-21-8-18(13-32-15-21)19-10-25-28(37-38-30(25)34-14-19)26-12-24-23(4-5-33-29(24)36-26)17-7-20(31)11-22(9-17)40-3/h4-5,7-16H,6H2,1-3H3,(H,33,36)(H,35,39)(H,34,37,38). The summed E-state index contributed by atoms with van der Waals surface area (Å²) < 4.78 is 19.5. The van der Waals surface area contributed by atoms with Crippen LogP contribution in [0.2, 0.25) is 0 Å². The maximum Gasteiger partial charge on any atom is 0.224 e. The molecule has 0 unspecified atom stereocenters. The Morgan fingerprint density at radius 3 is 2.65 bits per heavy atom. The van der Waals surface area contributed by atoms with E-state index in [0.717, 1.165) is 33.2 Å². The van der Waals surface area contributed by atoms with Gasteiger partial charge in [-0.3, -0.25) is 14.9 Å². The smallest absolute Gasteiger partial charge is 0.224 e. The maximum atomic E-state index is 14.3. The number of ether oxygens (including phenoxy) is 1. The number of aromatic amines is 2. The van der Waals surface area contributed by atoms with Crippen molar-refractivity contribution < 1.29 is 13.9 Å². The summed E-state index contributed by atoms with van der Waals surface area (Å²) in [5.41, 5.74) is 6.41. The molecule has 0 atom stereocenters. The molecule has 9 nitrogen and oxygen atoms in total. The third kappa shape index (κ3) is 4.86. The summed E-state index contributed by atoms with van der Waals surface area (Å²) in [6.07, 6.45) is 7.21. The number of nitrogens with zero attached hydrogens (tertiary/aromatic N) is 4. The SMILES string of the molecule is COc1cc(F)cc(-c2ccnc3[nH]c(-c4n[nH]c5ncc(-c6cncc(NC(=O)CC(C)C)c6)cc45)cc23)c1. The minimum Gasteiger partial charge on any atom is -0.497 e. The number of rotatable bonds is 7. The first-order valence-electron chi connectivity index (χ1n) is 12.8. The summed E-state index contributed by atoms with van der Waals surface area (Å²) in [4.78, 5) is 29.0. The zero-order chi connectivity index (χ0) is 27.8. The highest BCUT2D eigenvalue weighted by Gasteiger charge is 2.17. The number of halogens is 1. The van der Waals surface area contributed by atoms with Crippen LogP contribution >= 0.6 is 0 Å². The molecule has 200 valence electrons. The van der Waals surface area contributed by atoms with E-state index in [4.69, 9.17) is 4.74 Å². The molecule has 5 aromatic heterocycles. The van der Waals surface area contributed by atoms with E-state index in [1.54, 1.807) is 30.9 Å². The molecule has 0 saturated heterocycles. The predicted octanol–water partition coefficient (Wildman–Crippen LogP) is 6.36. The Bertz CT molecular complexity index is 1880. The molecule has 10 heteroatoms. The van der Waals surface area contributed by atoms with Crippen molar-refractivity contribution in [3.8, 4) is 39.4 Å². The molecule has 6 rings (SSSR count). The molecule has 0 fully saturated rings. The lowest BCUT2D eigenvalue weighted by Gasteiger charge is -2.08. The fourth-order valence-corrected chi connectivity index (χ4v) is 4.76. The van der Waals surface area contributed by atoms with Gasteiger partial charge in [0.2, 0.25) is 5.91 Å². The number of H-pyrrole nitrogens is 2. The molecule has 5 heterocycles. The van der Waals surface area contributed by atoms with Crippen LogP contribution < -0.4 is 10.1 Å². The minimum atomic E-state index is -0.384. The van der Waals surface area contributed by atoms with Gasteiger partial charge in [0.1, 0.15) is 22.9 Å². The van der Waals surface area contributed by atoms with Crippen LogP contribution in [-0.4, -0.2) is 43.2 Å². The number of carbonyl (C=O) groups excluding carboxylic acids is 1. The van der Waals surface area contributed by atoms with Gasteiger partial charge in [-0.15, -0.1) is 0 Å². The van der Waals surface area contributed by atoms with Gasteiger partial charge in [0.05, 0.1) is 24.7 Å². The van der Waals surface area contributed by atoms with Crippen molar-refractivity contribution in [1.82, 2.24) is 30.1 Å². The number of benzene rings is 1. The molecule has 0 radical (unpaired) electrons. The molecule has 6 aromatic rings. The van der Waals surface area contributed by atoms with Crippen molar-refractivity contribution in [1.29, 1.82) is 0 Å². The quantitative estimate of drug-likeness (QED) is 0.219. The average Bonchev–Trinajstić information content (AvgIpc) is 3.56. The van der Waals surface area contributed by atoms with Crippen LogP contribution in [0.4, 0.5) is 10.1 Å². The highest BCUT2D eigenvalue weighted by Crippen LogP contribution is 2.35. The molecule has 1 amide bonds. The molecule has 40 heavy (non-hydrogen) atoms. The monoisotopic (exact) mass is 535 g/mol. The van der Waals surface area contributed by atoms with E-state index < -0.39 is 0 Å². The van der Waals surface area contributed by atoms with Gasteiger partial charge in [0.15, 0.2) is 5.65 Å². The van der Waals surface area contributed by atoms with Crippen molar-refractivity contribution in [2.45, 2.75) is 20.3 Å². The Labute approximate surface area is 228 Å². The fraction of sp³-hybridized carbons (Fsp3) is 0.167. The first-order chi connectivity index (χ1) is 19.4. The average molecular weight is 536 g/mol. The Balaban J connectivity index is 1.38. The van der Waals surface area contributed by atoms with Crippen molar-refractivity contribution in [2.75, 3.05) is 12.4 Å². The van der Waals surface area contributed by atoms with Crippen molar-refractivity contribution in [2.24, 2.45) is 5.92 Å². The summed E-state index contributed by atoms with van der Waals surface area (Å²) in [5, 5.41) is 12.0.